The number of hydrogen-bond donors (Lipinski definition) is 2. The van der Waals surface area contributed by atoms with Crippen LogP contribution in [0, 0.1) is 0 Å². The molecule has 1 aliphatic heterocycles. The van der Waals surface area contributed by atoms with Crippen molar-refractivity contribution >= 4 is 40.8 Å². The highest BCUT2D eigenvalue weighted by Crippen LogP contribution is 2.25. The average molecular weight is 373 g/mol. The van der Waals surface area contributed by atoms with Crippen LogP contribution in [0.4, 0.5) is 10.5 Å². The highest BCUT2D eigenvalue weighted by atomic mass is 35.5. The maximum absolute atomic E-state index is 12.3. The third kappa shape index (κ3) is 5.54. The normalized spacial score (nSPS) is 15.5. The van der Waals surface area contributed by atoms with Crippen molar-refractivity contribution in [3.05, 3.63) is 28.2 Å². The van der Waals surface area contributed by atoms with Crippen LogP contribution >= 0.6 is 23.2 Å². The number of nitrogens with one attached hydrogen (secondary N) is 2. The van der Waals surface area contributed by atoms with Crippen molar-refractivity contribution in [2.75, 3.05) is 38.0 Å². The lowest BCUT2D eigenvalue weighted by Crippen LogP contribution is -2.52. The topological polar surface area (TPSA) is 64.7 Å². The number of urea groups is 1. The lowest BCUT2D eigenvalue weighted by molar-refractivity contribution is -0.123. The highest BCUT2D eigenvalue weighted by molar-refractivity contribution is 6.42. The predicted octanol–water partition coefficient (Wildman–Crippen LogP) is 2.67. The Morgan fingerprint density at radius 3 is 2.38 bits per heavy atom. The Morgan fingerprint density at radius 2 is 1.79 bits per heavy atom. The van der Waals surface area contributed by atoms with E-state index in [1.807, 2.05) is 18.7 Å². The summed E-state index contributed by atoms with van der Waals surface area (Å²) in [7, 11) is 0. The third-order valence-corrected chi connectivity index (χ3v) is 4.39. The maximum atomic E-state index is 12.3. The quantitative estimate of drug-likeness (QED) is 0.853. The molecule has 1 aromatic rings. The molecule has 1 aromatic carbocycles. The van der Waals surface area contributed by atoms with E-state index in [9.17, 15) is 9.59 Å². The van der Waals surface area contributed by atoms with Gasteiger partial charge in [-0.2, -0.15) is 0 Å². The largest absolute Gasteiger partial charge is 0.353 e. The molecule has 0 unspecified atom stereocenters. The van der Waals surface area contributed by atoms with Gasteiger partial charge in [0.05, 0.1) is 16.6 Å². The van der Waals surface area contributed by atoms with E-state index < -0.39 is 0 Å². The Labute approximate surface area is 152 Å². The Balaban J connectivity index is 1.80. The summed E-state index contributed by atoms with van der Waals surface area (Å²) in [4.78, 5) is 27.8. The number of rotatable bonds is 4. The zero-order valence-electron chi connectivity index (χ0n) is 13.8. The first-order valence-corrected chi connectivity index (χ1v) is 8.63. The summed E-state index contributed by atoms with van der Waals surface area (Å²) in [6.45, 7) is 6.71. The molecule has 0 spiro atoms. The SMILES string of the molecule is CC(C)NC(=O)CN1CCN(C(=O)Nc2ccc(Cl)c(Cl)c2)CC1. The average Bonchev–Trinajstić information content (AvgIpc) is 2.50. The number of carbonyl (C=O) groups excluding carboxylic acids is 2. The Morgan fingerprint density at radius 1 is 1.12 bits per heavy atom. The number of nitrogens with zero attached hydrogens (tertiary/aromatic N) is 2. The monoisotopic (exact) mass is 372 g/mol. The fourth-order valence-electron chi connectivity index (χ4n) is 2.46. The standard InChI is InChI=1S/C16H22Cl2N4O2/c1-11(2)19-15(23)10-21-5-7-22(8-6-21)16(24)20-12-3-4-13(17)14(18)9-12/h3-4,9,11H,5-8,10H2,1-2H3,(H,19,23)(H,20,24). The third-order valence-electron chi connectivity index (χ3n) is 3.65. The lowest BCUT2D eigenvalue weighted by atomic mass is 10.3. The molecule has 8 heteroatoms. The number of anilines is 1. The van der Waals surface area contributed by atoms with E-state index in [0.717, 1.165) is 0 Å². The van der Waals surface area contributed by atoms with Crippen LogP contribution in [0.5, 0.6) is 0 Å². The van der Waals surface area contributed by atoms with Crippen molar-refractivity contribution in [3.63, 3.8) is 0 Å². The van der Waals surface area contributed by atoms with Crippen LogP contribution in [0.25, 0.3) is 0 Å². The zero-order valence-corrected chi connectivity index (χ0v) is 15.3. The van der Waals surface area contributed by atoms with Gasteiger partial charge in [-0.3, -0.25) is 9.69 Å². The molecule has 0 radical (unpaired) electrons. The second-order valence-electron chi connectivity index (χ2n) is 6.04. The first-order chi connectivity index (χ1) is 11.3. The maximum Gasteiger partial charge on any atom is 0.321 e. The zero-order chi connectivity index (χ0) is 17.7. The van der Waals surface area contributed by atoms with Gasteiger partial charge in [-0.15, -0.1) is 0 Å². The minimum absolute atomic E-state index is 0.0127. The van der Waals surface area contributed by atoms with Gasteiger partial charge in [-0.05, 0) is 32.0 Å². The fraction of sp³-hybridized carbons (Fsp3) is 0.500. The van der Waals surface area contributed by atoms with E-state index >= 15 is 0 Å². The van der Waals surface area contributed by atoms with Crippen LogP contribution in [0.3, 0.4) is 0 Å². The second kappa shape index (κ2) is 8.55. The first-order valence-electron chi connectivity index (χ1n) is 7.88. The minimum atomic E-state index is -0.181. The summed E-state index contributed by atoms with van der Waals surface area (Å²) >= 11 is 11.8. The molecule has 0 bridgehead atoms. The molecule has 2 rings (SSSR count). The number of benzene rings is 1. The number of amides is 3. The van der Waals surface area contributed by atoms with Gasteiger partial charge in [-0.25, -0.2) is 4.79 Å². The van der Waals surface area contributed by atoms with Crippen LogP contribution in [0.2, 0.25) is 10.0 Å². The lowest BCUT2D eigenvalue weighted by Gasteiger charge is -2.34. The van der Waals surface area contributed by atoms with Gasteiger partial charge < -0.3 is 15.5 Å². The Kier molecular flexibility index (Phi) is 6.71. The summed E-state index contributed by atoms with van der Waals surface area (Å²) in [6, 6.07) is 4.92. The van der Waals surface area contributed by atoms with E-state index in [1.54, 1.807) is 23.1 Å². The second-order valence-corrected chi connectivity index (χ2v) is 6.86. The molecule has 1 heterocycles. The molecule has 1 fully saturated rings. The van der Waals surface area contributed by atoms with Gasteiger partial charge in [0, 0.05) is 37.9 Å². The smallest absolute Gasteiger partial charge is 0.321 e. The van der Waals surface area contributed by atoms with Gasteiger partial charge in [0.1, 0.15) is 0 Å². The first kappa shape index (κ1) is 18.8. The fourth-order valence-corrected chi connectivity index (χ4v) is 2.75. The van der Waals surface area contributed by atoms with Gasteiger partial charge in [0.15, 0.2) is 0 Å². The molecule has 1 saturated heterocycles. The molecule has 24 heavy (non-hydrogen) atoms. The molecule has 0 saturated carbocycles. The van der Waals surface area contributed by atoms with Gasteiger partial charge in [0.25, 0.3) is 0 Å². The van der Waals surface area contributed by atoms with Crippen molar-refractivity contribution in [2.45, 2.75) is 19.9 Å². The van der Waals surface area contributed by atoms with Crippen LogP contribution in [0.1, 0.15) is 13.8 Å². The van der Waals surface area contributed by atoms with E-state index in [-0.39, 0.29) is 18.0 Å². The summed E-state index contributed by atoms with van der Waals surface area (Å²) in [5.74, 6) is 0.0127. The van der Waals surface area contributed by atoms with Gasteiger partial charge in [0.2, 0.25) is 5.91 Å². The van der Waals surface area contributed by atoms with Crippen LogP contribution < -0.4 is 10.6 Å². The molecule has 0 aromatic heterocycles. The number of piperazine rings is 1. The summed E-state index contributed by atoms with van der Waals surface area (Å²) in [5.41, 5.74) is 0.605. The van der Waals surface area contributed by atoms with Gasteiger partial charge >= 0.3 is 6.03 Å². The number of carbonyl (C=O) groups is 2. The van der Waals surface area contributed by atoms with Crippen LogP contribution in [-0.4, -0.2) is 60.5 Å². The summed E-state index contributed by atoms with van der Waals surface area (Å²) in [6.07, 6.45) is 0. The molecule has 0 aliphatic carbocycles. The van der Waals surface area contributed by atoms with Crippen molar-refractivity contribution in [1.82, 2.24) is 15.1 Å². The molecule has 6 nitrogen and oxygen atoms in total. The van der Waals surface area contributed by atoms with E-state index in [0.29, 0.717) is 48.5 Å². The van der Waals surface area contributed by atoms with Gasteiger partial charge in [-0.1, -0.05) is 23.2 Å². The Hall–Kier alpha value is -1.50. The molecule has 2 N–H and O–H groups in total. The van der Waals surface area contributed by atoms with E-state index in [4.69, 9.17) is 23.2 Å². The van der Waals surface area contributed by atoms with E-state index in [2.05, 4.69) is 10.6 Å². The van der Waals surface area contributed by atoms with E-state index in [1.165, 1.54) is 0 Å². The van der Waals surface area contributed by atoms with Crippen molar-refractivity contribution in [2.24, 2.45) is 0 Å². The predicted molar refractivity (Wildman–Crippen MR) is 96.8 cm³/mol. The summed E-state index contributed by atoms with van der Waals surface area (Å²) < 4.78 is 0. The molecular formula is C16H22Cl2N4O2. The van der Waals surface area contributed by atoms with Crippen LogP contribution in [0.15, 0.2) is 18.2 Å². The molecular weight excluding hydrogens is 351 g/mol. The molecule has 132 valence electrons. The molecule has 1 aliphatic rings. The van der Waals surface area contributed by atoms with Crippen LogP contribution in [-0.2, 0) is 4.79 Å². The summed E-state index contributed by atoms with van der Waals surface area (Å²) in [5, 5.41) is 6.52. The van der Waals surface area contributed by atoms with Crippen molar-refractivity contribution < 1.29 is 9.59 Å². The highest BCUT2D eigenvalue weighted by Gasteiger charge is 2.22. The number of halogens is 2. The number of hydrogen-bond acceptors (Lipinski definition) is 3. The van der Waals surface area contributed by atoms with Crippen molar-refractivity contribution in [1.29, 1.82) is 0 Å². The molecule has 0 atom stereocenters. The molecule has 3 amide bonds. The van der Waals surface area contributed by atoms with Crippen molar-refractivity contribution in [3.8, 4) is 0 Å². The minimum Gasteiger partial charge on any atom is -0.353 e. The Bertz CT molecular complexity index is 602.